The fraction of sp³-hybridized carbons (Fsp3) is 0.625. The molecule has 106 valence electrons. The highest BCUT2D eigenvalue weighted by Gasteiger charge is 2.15. The van der Waals surface area contributed by atoms with E-state index in [0.29, 0.717) is 0 Å². The Morgan fingerprint density at radius 1 is 1.21 bits per heavy atom. The minimum Gasteiger partial charge on any atom is -0.371 e. The van der Waals surface area contributed by atoms with Gasteiger partial charge in [0, 0.05) is 29.3 Å². The molecule has 0 spiro atoms. The summed E-state index contributed by atoms with van der Waals surface area (Å²) in [5.41, 5.74) is 8.93. The molecule has 1 fully saturated rings. The Morgan fingerprint density at radius 2 is 1.89 bits per heavy atom. The third kappa shape index (κ3) is 4.22. The van der Waals surface area contributed by atoms with Crippen LogP contribution in [0.3, 0.4) is 0 Å². The van der Waals surface area contributed by atoms with Crippen LogP contribution in [0.5, 0.6) is 0 Å². The van der Waals surface area contributed by atoms with Gasteiger partial charge in [-0.2, -0.15) is 0 Å². The molecule has 0 aliphatic carbocycles. The highest BCUT2D eigenvalue weighted by atomic mass is 79.9. The molecular formula is C16H25BrN2. The Morgan fingerprint density at radius 3 is 2.53 bits per heavy atom. The normalized spacial score (nSPS) is 18.2. The van der Waals surface area contributed by atoms with E-state index in [1.165, 1.54) is 54.5 Å². The van der Waals surface area contributed by atoms with Gasteiger partial charge >= 0.3 is 0 Å². The van der Waals surface area contributed by atoms with Gasteiger partial charge in [0.15, 0.2) is 0 Å². The van der Waals surface area contributed by atoms with Crippen LogP contribution in [0.4, 0.5) is 5.69 Å². The molecule has 0 saturated carbocycles. The first-order valence-electron chi connectivity index (χ1n) is 7.49. The molecule has 2 nitrogen and oxygen atoms in total. The smallest absolute Gasteiger partial charge is 0.0410 e. The molecule has 0 aromatic heterocycles. The van der Waals surface area contributed by atoms with Crippen molar-refractivity contribution in [1.29, 1.82) is 0 Å². The first-order valence-corrected chi connectivity index (χ1v) is 8.29. The lowest BCUT2D eigenvalue weighted by atomic mass is 10.0. The van der Waals surface area contributed by atoms with E-state index in [4.69, 9.17) is 5.73 Å². The number of nitrogens with zero attached hydrogens (tertiary/aromatic N) is 1. The zero-order valence-electron chi connectivity index (χ0n) is 11.9. The van der Waals surface area contributed by atoms with Crippen molar-refractivity contribution in [2.24, 2.45) is 5.73 Å². The molecule has 0 amide bonds. The first-order chi connectivity index (χ1) is 9.20. The monoisotopic (exact) mass is 324 g/mol. The molecule has 1 unspecified atom stereocenters. The highest BCUT2D eigenvalue weighted by Crippen LogP contribution is 2.28. The average Bonchev–Trinajstić information content (AvgIpc) is 2.69. The number of nitrogens with two attached hydrogens (primary N) is 1. The van der Waals surface area contributed by atoms with Crippen LogP contribution in [-0.4, -0.2) is 19.1 Å². The number of hydrogen-bond donors (Lipinski definition) is 1. The molecule has 1 aromatic carbocycles. The molecule has 19 heavy (non-hydrogen) atoms. The number of hydrogen-bond acceptors (Lipinski definition) is 2. The Kier molecular flexibility index (Phi) is 5.71. The van der Waals surface area contributed by atoms with E-state index in [1.807, 2.05) is 0 Å². The Balaban J connectivity index is 2.22. The maximum atomic E-state index is 6.14. The summed E-state index contributed by atoms with van der Waals surface area (Å²) in [6.45, 7) is 4.53. The molecule has 0 bridgehead atoms. The lowest BCUT2D eigenvalue weighted by Gasteiger charge is -2.26. The van der Waals surface area contributed by atoms with E-state index in [2.05, 4.69) is 46.0 Å². The fourth-order valence-electron chi connectivity index (χ4n) is 2.74. The van der Waals surface area contributed by atoms with Gasteiger partial charge in [0.1, 0.15) is 0 Å². The van der Waals surface area contributed by atoms with Crippen LogP contribution in [0.15, 0.2) is 22.7 Å². The van der Waals surface area contributed by atoms with E-state index in [0.717, 1.165) is 12.8 Å². The van der Waals surface area contributed by atoms with E-state index in [9.17, 15) is 0 Å². The summed E-state index contributed by atoms with van der Waals surface area (Å²) < 4.78 is 1.17. The zero-order valence-corrected chi connectivity index (χ0v) is 13.5. The standard InChI is InChI=1S/C16H25BrN2/c1-2-15(18)11-13-7-8-14(17)12-16(13)19-9-5-3-4-6-10-19/h7-8,12,15H,2-6,9-11,18H2,1H3. The Bertz CT molecular complexity index is 398. The number of anilines is 1. The molecule has 1 aliphatic heterocycles. The van der Waals surface area contributed by atoms with E-state index in [-0.39, 0.29) is 6.04 Å². The van der Waals surface area contributed by atoms with Crippen LogP contribution in [0, 0.1) is 0 Å². The van der Waals surface area contributed by atoms with Gasteiger partial charge < -0.3 is 10.6 Å². The van der Waals surface area contributed by atoms with Gasteiger partial charge in [0.2, 0.25) is 0 Å². The Hall–Kier alpha value is -0.540. The van der Waals surface area contributed by atoms with Crippen molar-refractivity contribution >= 4 is 21.6 Å². The molecule has 0 radical (unpaired) electrons. The van der Waals surface area contributed by atoms with Crippen LogP contribution in [0.2, 0.25) is 0 Å². The minimum absolute atomic E-state index is 0.270. The second-order valence-electron chi connectivity index (χ2n) is 5.55. The molecule has 3 heteroatoms. The summed E-state index contributed by atoms with van der Waals surface area (Å²) in [7, 11) is 0. The molecule has 1 saturated heterocycles. The van der Waals surface area contributed by atoms with Crippen LogP contribution >= 0.6 is 15.9 Å². The number of halogens is 1. The maximum Gasteiger partial charge on any atom is 0.0410 e. The molecule has 1 atom stereocenters. The van der Waals surface area contributed by atoms with Crippen LogP contribution in [0.1, 0.15) is 44.6 Å². The minimum atomic E-state index is 0.270. The lowest BCUT2D eigenvalue weighted by molar-refractivity contribution is 0.643. The van der Waals surface area contributed by atoms with Crippen molar-refractivity contribution in [3.05, 3.63) is 28.2 Å². The fourth-order valence-corrected chi connectivity index (χ4v) is 3.09. The van der Waals surface area contributed by atoms with Gasteiger partial charge in [-0.25, -0.2) is 0 Å². The van der Waals surface area contributed by atoms with Crippen molar-refractivity contribution < 1.29 is 0 Å². The third-order valence-corrected chi connectivity index (χ3v) is 4.49. The van der Waals surface area contributed by atoms with Crippen molar-refractivity contribution in [2.75, 3.05) is 18.0 Å². The number of benzene rings is 1. The third-order valence-electron chi connectivity index (χ3n) is 4.00. The van der Waals surface area contributed by atoms with Crippen LogP contribution in [0.25, 0.3) is 0 Å². The topological polar surface area (TPSA) is 29.3 Å². The van der Waals surface area contributed by atoms with Gasteiger partial charge in [-0.05, 0) is 43.4 Å². The summed E-state index contributed by atoms with van der Waals surface area (Å²) in [5.74, 6) is 0. The predicted octanol–water partition coefficient (Wildman–Crippen LogP) is 4.11. The van der Waals surface area contributed by atoms with Gasteiger partial charge in [0.05, 0.1) is 0 Å². The van der Waals surface area contributed by atoms with Gasteiger partial charge in [-0.1, -0.05) is 41.8 Å². The molecule has 1 aromatic rings. The van der Waals surface area contributed by atoms with Crippen molar-refractivity contribution in [2.45, 2.75) is 51.5 Å². The molecule has 2 N–H and O–H groups in total. The van der Waals surface area contributed by atoms with Gasteiger partial charge in [0.25, 0.3) is 0 Å². The quantitative estimate of drug-likeness (QED) is 0.903. The number of rotatable bonds is 4. The van der Waals surface area contributed by atoms with E-state index in [1.54, 1.807) is 0 Å². The first kappa shape index (κ1) is 14.9. The van der Waals surface area contributed by atoms with Crippen molar-refractivity contribution in [3.8, 4) is 0 Å². The summed E-state index contributed by atoms with van der Waals surface area (Å²) in [6.07, 6.45) is 7.38. The zero-order chi connectivity index (χ0) is 13.7. The maximum absolute atomic E-state index is 6.14. The largest absolute Gasteiger partial charge is 0.371 e. The molecule has 1 aliphatic rings. The Labute approximate surface area is 125 Å². The lowest BCUT2D eigenvalue weighted by Crippen LogP contribution is -2.27. The molecule has 1 heterocycles. The molecule has 2 rings (SSSR count). The van der Waals surface area contributed by atoms with Crippen molar-refractivity contribution in [3.63, 3.8) is 0 Å². The summed E-state index contributed by atoms with van der Waals surface area (Å²) >= 11 is 3.61. The van der Waals surface area contributed by atoms with E-state index < -0.39 is 0 Å². The second-order valence-corrected chi connectivity index (χ2v) is 6.46. The van der Waals surface area contributed by atoms with Gasteiger partial charge in [-0.3, -0.25) is 0 Å². The highest BCUT2D eigenvalue weighted by molar-refractivity contribution is 9.10. The summed E-state index contributed by atoms with van der Waals surface area (Å²) in [5, 5.41) is 0. The summed E-state index contributed by atoms with van der Waals surface area (Å²) in [4.78, 5) is 2.55. The van der Waals surface area contributed by atoms with E-state index >= 15 is 0 Å². The summed E-state index contributed by atoms with van der Waals surface area (Å²) in [6, 6.07) is 6.91. The SMILES string of the molecule is CCC(N)Cc1ccc(Br)cc1N1CCCCCC1. The molecular weight excluding hydrogens is 300 g/mol. The second kappa shape index (κ2) is 7.30. The predicted molar refractivity (Wildman–Crippen MR) is 86.8 cm³/mol. The van der Waals surface area contributed by atoms with Gasteiger partial charge in [-0.15, -0.1) is 0 Å². The van der Waals surface area contributed by atoms with Crippen LogP contribution in [-0.2, 0) is 6.42 Å². The average molecular weight is 325 g/mol. The van der Waals surface area contributed by atoms with Crippen LogP contribution < -0.4 is 10.6 Å². The van der Waals surface area contributed by atoms with Crippen molar-refractivity contribution in [1.82, 2.24) is 0 Å².